The van der Waals surface area contributed by atoms with E-state index in [4.69, 9.17) is 4.74 Å². The van der Waals surface area contributed by atoms with Crippen molar-refractivity contribution >= 4 is 24.8 Å². The molecule has 3 rings (SSSR count). The van der Waals surface area contributed by atoms with Gasteiger partial charge in [-0.3, -0.25) is 4.90 Å². The van der Waals surface area contributed by atoms with Crippen molar-refractivity contribution in [2.75, 3.05) is 33.3 Å². The third-order valence-electron chi connectivity index (χ3n) is 4.92. The molecule has 6 heteroatoms. The summed E-state index contributed by atoms with van der Waals surface area (Å²) in [6, 6.07) is 5.77. The van der Waals surface area contributed by atoms with Crippen LogP contribution in [0.25, 0.3) is 0 Å². The molecule has 1 aliphatic heterocycles. The Balaban J connectivity index is 0.00000132. The molecule has 0 bridgehead atoms. The van der Waals surface area contributed by atoms with Crippen molar-refractivity contribution in [1.82, 2.24) is 10.2 Å². The molecule has 0 amide bonds. The van der Waals surface area contributed by atoms with Gasteiger partial charge in [-0.25, -0.2) is 4.39 Å². The fourth-order valence-corrected chi connectivity index (χ4v) is 3.90. The lowest BCUT2D eigenvalue weighted by molar-refractivity contribution is 0.122. The van der Waals surface area contributed by atoms with Gasteiger partial charge in [0, 0.05) is 37.8 Å². The van der Waals surface area contributed by atoms with E-state index in [9.17, 15) is 4.39 Å². The number of ether oxygens (including phenoxy) is 1. The molecule has 132 valence electrons. The third kappa shape index (κ3) is 4.50. The van der Waals surface area contributed by atoms with Crippen LogP contribution in [0.4, 0.5) is 4.39 Å². The van der Waals surface area contributed by atoms with Crippen LogP contribution in [0.2, 0.25) is 0 Å². The first-order valence-corrected chi connectivity index (χ1v) is 8.08. The summed E-state index contributed by atoms with van der Waals surface area (Å²) in [5.41, 5.74) is 0.822. The van der Waals surface area contributed by atoms with E-state index in [1.54, 1.807) is 6.07 Å². The number of nitrogens with zero attached hydrogens (tertiary/aromatic N) is 1. The summed E-state index contributed by atoms with van der Waals surface area (Å²) in [6.07, 6.45) is 4.98. The predicted octanol–water partition coefficient (Wildman–Crippen LogP) is 3.81. The van der Waals surface area contributed by atoms with Crippen LogP contribution in [0, 0.1) is 11.7 Å². The van der Waals surface area contributed by atoms with Gasteiger partial charge in [0.15, 0.2) is 11.6 Å². The number of nitrogens with one attached hydrogen (secondary N) is 1. The molecule has 0 radical (unpaired) electrons. The monoisotopic (exact) mass is 364 g/mol. The number of hydrogen-bond acceptors (Lipinski definition) is 3. The second-order valence-electron chi connectivity index (χ2n) is 6.14. The van der Waals surface area contributed by atoms with Crippen molar-refractivity contribution in [1.29, 1.82) is 0 Å². The van der Waals surface area contributed by atoms with Gasteiger partial charge < -0.3 is 10.1 Å². The van der Waals surface area contributed by atoms with Crippen LogP contribution in [-0.2, 0) is 0 Å². The number of hydrogen-bond donors (Lipinski definition) is 1. The van der Waals surface area contributed by atoms with Gasteiger partial charge in [-0.2, -0.15) is 0 Å². The van der Waals surface area contributed by atoms with E-state index in [-0.39, 0.29) is 36.7 Å². The van der Waals surface area contributed by atoms with E-state index in [2.05, 4.69) is 10.2 Å². The van der Waals surface area contributed by atoms with Crippen LogP contribution in [0.15, 0.2) is 18.2 Å². The molecule has 1 aromatic rings. The minimum Gasteiger partial charge on any atom is -0.494 e. The second kappa shape index (κ2) is 9.67. The highest BCUT2D eigenvalue weighted by atomic mass is 35.5. The zero-order valence-corrected chi connectivity index (χ0v) is 15.2. The second-order valence-corrected chi connectivity index (χ2v) is 6.14. The Morgan fingerprint density at radius 1 is 1.17 bits per heavy atom. The molecule has 1 atom stereocenters. The Hall–Kier alpha value is -0.550. The number of benzene rings is 1. The van der Waals surface area contributed by atoms with Crippen molar-refractivity contribution in [3.8, 4) is 5.75 Å². The number of piperazine rings is 1. The molecule has 3 nitrogen and oxygen atoms in total. The summed E-state index contributed by atoms with van der Waals surface area (Å²) in [6.45, 7) is 3.99. The number of methoxy groups -OCH3 is 1. The third-order valence-corrected chi connectivity index (χ3v) is 4.92. The molecule has 1 saturated heterocycles. The topological polar surface area (TPSA) is 24.5 Å². The lowest BCUT2D eigenvalue weighted by Gasteiger charge is -2.38. The molecule has 0 spiro atoms. The van der Waals surface area contributed by atoms with Crippen LogP contribution in [0.3, 0.4) is 0 Å². The van der Waals surface area contributed by atoms with Crippen LogP contribution < -0.4 is 10.1 Å². The van der Waals surface area contributed by atoms with Gasteiger partial charge in [-0.05, 0) is 24.8 Å². The Morgan fingerprint density at radius 2 is 1.83 bits per heavy atom. The smallest absolute Gasteiger partial charge is 0.169 e. The molecular weight excluding hydrogens is 338 g/mol. The minimum absolute atomic E-state index is 0. The van der Waals surface area contributed by atoms with Crippen LogP contribution in [0.1, 0.15) is 37.3 Å². The van der Waals surface area contributed by atoms with Gasteiger partial charge in [-0.1, -0.05) is 25.0 Å². The van der Waals surface area contributed by atoms with Gasteiger partial charge in [0.2, 0.25) is 0 Å². The highest BCUT2D eigenvalue weighted by Gasteiger charge is 2.34. The van der Waals surface area contributed by atoms with Crippen LogP contribution in [0.5, 0.6) is 5.75 Å². The van der Waals surface area contributed by atoms with Gasteiger partial charge in [0.25, 0.3) is 0 Å². The highest BCUT2D eigenvalue weighted by molar-refractivity contribution is 5.85. The average molecular weight is 365 g/mol. The van der Waals surface area contributed by atoms with Crippen molar-refractivity contribution in [2.24, 2.45) is 5.92 Å². The van der Waals surface area contributed by atoms with Crippen LogP contribution >= 0.6 is 24.8 Å². The molecule has 1 N–H and O–H groups in total. The maximum atomic E-state index is 14.8. The maximum absolute atomic E-state index is 14.8. The molecule has 2 aliphatic rings. The Morgan fingerprint density at radius 3 is 2.43 bits per heavy atom. The number of rotatable bonds is 4. The quantitative estimate of drug-likeness (QED) is 0.878. The van der Waals surface area contributed by atoms with E-state index in [0.717, 1.165) is 31.7 Å². The van der Waals surface area contributed by atoms with E-state index in [1.165, 1.54) is 32.8 Å². The van der Waals surface area contributed by atoms with Crippen LogP contribution in [-0.4, -0.2) is 38.2 Å². The van der Waals surface area contributed by atoms with E-state index < -0.39 is 0 Å². The standard InChI is InChI=1S/C17H25FN2O.2ClH/c1-21-15-8-4-7-14(16(15)18)17(13-5-2-3-6-13)20-11-9-19-10-12-20;;/h4,7-8,13,17,19H,2-3,5-6,9-12H2,1H3;2*1H/t17-;;/m0../s1. The maximum Gasteiger partial charge on any atom is 0.169 e. The first-order valence-electron chi connectivity index (χ1n) is 8.08. The van der Waals surface area contributed by atoms with E-state index in [0.29, 0.717) is 11.7 Å². The molecule has 1 aromatic carbocycles. The molecular formula is C17H27Cl2FN2O. The average Bonchev–Trinajstić information content (AvgIpc) is 3.04. The summed E-state index contributed by atoms with van der Waals surface area (Å²) < 4.78 is 19.9. The van der Waals surface area contributed by atoms with Gasteiger partial charge in [0.05, 0.1) is 7.11 Å². The summed E-state index contributed by atoms with van der Waals surface area (Å²) in [5.74, 6) is 0.769. The summed E-state index contributed by atoms with van der Waals surface area (Å²) in [5, 5.41) is 3.39. The lowest BCUT2D eigenvalue weighted by atomic mass is 9.89. The van der Waals surface area contributed by atoms with Gasteiger partial charge in [-0.15, -0.1) is 24.8 Å². The zero-order chi connectivity index (χ0) is 14.7. The van der Waals surface area contributed by atoms with Crippen molar-refractivity contribution < 1.29 is 9.13 Å². The molecule has 1 heterocycles. The molecule has 1 saturated carbocycles. The van der Waals surface area contributed by atoms with Crippen molar-refractivity contribution in [3.63, 3.8) is 0 Å². The summed E-state index contributed by atoms with van der Waals surface area (Å²) >= 11 is 0. The predicted molar refractivity (Wildman–Crippen MR) is 96.6 cm³/mol. The highest BCUT2D eigenvalue weighted by Crippen LogP contribution is 2.41. The Labute approximate surface area is 150 Å². The molecule has 2 fully saturated rings. The molecule has 0 aromatic heterocycles. The van der Waals surface area contributed by atoms with Crippen molar-refractivity contribution in [2.45, 2.75) is 31.7 Å². The zero-order valence-electron chi connectivity index (χ0n) is 13.6. The van der Waals surface area contributed by atoms with E-state index >= 15 is 0 Å². The minimum atomic E-state index is -0.171. The lowest BCUT2D eigenvalue weighted by Crippen LogP contribution is -2.46. The molecule has 1 aliphatic carbocycles. The first-order chi connectivity index (χ1) is 10.3. The summed E-state index contributed by atoms with van der Waals surface area (Å²) in [4.78, 5) is 2.46. The fourth-order valence-electron chi connectivity index (χ4n) is 3.90. The van der Waals surface area contributed by atoms with Gasteiger partial charge >= 0.3 is 0 Å². The largest absolute Gasteiger partial charge is 0.494 e. The van der Waals surface area contributed by atoms with E-state index in [1.807, 2.05) is 12.1 Å². The molecule has 23 heavy (non-hydrogen) atoms. The SMILES string of the molecule is COc1cccc([C@H](C2CCCC2)N2CCNCC2)c1F.Cl.Cl. The Bertz CT molecular complexity index is 478. The molecule has 0 unspecified atom stereocenters. The Kier molecular flexibility index (Phi) is 8.62. The number of halogens is 3. The van der Waals surface area contributed by atoms with Crippen molar-refractivity contribution in [3.05, 3.63) is 29.6 Å². The fraction of sp³-hybridized carbons (Fsp3) is 0.647. The summed E-state index contributed by atoms with van der Waals surface area (Å²) in [7, 11) is 1.54. The first kappa shape index (κ1) is 20.5. The normalized spacial score (nSPS) is 20.4. The van der Waals surface area contributed by atoms with Gasteiger partial charge in [0.1, 0.15) is 0 Å².